The lowest BCUT2D eigenvalue weighted by Gasteiger charge is -2.51. The van der Waals surface area contributed by atoms with E-state index >= 15 is 0 Å². The molecule has 1 heterocycles. The zero-order chi connectivity index (χ0) is 20.4. The first-order valence-electron chi connectivity index (χ1n) is 10.2. The second-order valence-corrected chi connectivity index (χ2v) is 11.1. The van der Waals surface area contributed by atoms with Crippen molar-refractivity contribution in [3.05, 3.63) is 108 Å². The highest BCUT2D eigenvalue weighted by Gasteiger charge is 2.49. The Morgan fingerprint density at radius 3 is 1.52 bits per heavy atom. The van der Waals surface area contributed by atoms with Gasteiger partial charge in [-0.05, 0) is 44.1 Å². The summed E-state index contributed by atoms with van der Waals surface area (Å²) in [4.78, 5) is 0. The molecule has 0 radical (unpaired) electrons. The molecule has 3 aromatic rings. The van der Waals surface area contributed by atoms with E-state index in [1.807, 2.05) is 44.4 Å². The van der Waals surface area contributed by atoms with E-state index in [2.05, 4.69) is 76.9 Å². The standard InChI is InChI=1S/C25H29N2OP/c1-20(21-13-7-4-8-14-21)29(28)26(2)24(22-15-9-5-10-16-22)19-25(27(29)3)23-17-11-6-12-18-23/h4-18,20,24-25H,19H2,1-3H3. The first-order chi connectivity index (χ1) is 14.0. The van der Waals surface area contributed by atoms with Crippen molar-refractivity contribution in [2.45, 2.75) is 31.1 Å². The third-order valence-corrected chi connectivity index (χ3v) is 10.1. The second kappa shape index (κ2) is 8.28. The van der Waals surface area contributed by atoms with Gasteiger partial charge >= 0.3 is 0 Å². The highest BCUT2D eigenvalue weighted by molar-refractivity contribution is 7.59. The first kappa shape index (κ1) is 20.1. The molecule has 3 nitrogen and oxygen atoms in total. The number of rotatable bonds is 4. The molecule has 29 heavy (non-hydrogen) atoms. The van der Waals surface area contributed by atoms with Gasteiger partial charge in [0.2, 0.25) is 7.44 Å². The van der Waals surface area contributed by atoms with Crippen LogP contribution in [0.2, 0.25) is 0 Å². The third kappa shape index (κ3) is 3.59. The molecule has 3 aromatic carbocycles. The predicted molar refractivity (Wildman–Crippen MR) is 121 cm³/mol. The van der Waals surface area contributed by atoms with Crippen LogP contribution in [-0.2, 0) is 4.57 Å². The molecule has 1 saturated heterocycles. The smallest absolute Gasteiger partial charge is 0.224 e. The molecule has 3 unspecified atom stereocenters. The zero-order valence-electron chi connectivity index (χ0n) is 17.3. The highest BCUT2D eigenvalue weighted by Crippen LogP contribution is 2.71. The number of benzene rings is 3. The minimum absolute atomic E-state index is 0.0866. The maximum Gasteiger partial charge on any atom is 0.224 e. The number of nitrogens with zero attached hydrogens (tertiary/aromatic N) is 2. The molecular weight excluding hydrogens is 375 g/mol. The summed E-state index contributed by atoms with van der Waals surface area (Å²) in [5.74, 6) is 0. The van der Waals surface area contributed by atoms with Crippen molar-refractivity contribution in [3.8, 4) is 0 Å². The van der Waals surface area contributed by atoms with Gasteiger partial charge < -0.3 is 0 Å². The molecular formula is C25H29N2OP. The molecule has 4 rings (SSSR count). The molecule has 1 aliphatic rings. The van der Waals surface area contributed by atoms with Gasteiger partial charge in [-0.3, -0.25) is 4.57 Å². The van der Waals surface area contributed by atoms with Gasteiger partial charge in [0.15, 0.2) is 0 Å². The van der Waals surface area contributed by atoms with Crippen LogP contribution in [0.15, 0.2) is 91.0 Å². The minimum atomic E-state index is -2.88. The summed E-state index contributed by atoms with van der Waals surface area (Å²) in [6, 6.07) is 31.5. The van der Waals surface area contributed by atoms with Crippen molar-refractivity contribution in [1.29, 1.82) is 0 Å². The molecule has 1 fully saturated rings. The highest BCUT2D eigenvalue weighted by atomic mass is 31.2. The number of hydrogen-bond donors (Lipinski definition) is 0. The lowest BCUT2D eigenvalue weighted by molar-refractivity contribution is 0.198. The van der Waals surface area contributed by atoms with Crippen LogP contribution in [-0.4, -0.2) is 23.4 Å². The Bertz CT molecular complexity index is 922. The van der Waals surface area contributed by atoms with Gasteiger partial charge in [0.05, 0.1) is 5.66 Å². The second-order valence-electron chi connectivity index (χ2n) is 7.91. The van der Waals surface area contributed by atoms with E-state index in [0.717, 1.165) is 12.0 Å². The monoisotopic (exact) mass is 404 g/mol. The summed E-state index contributed by atoms with van der Waals surface area (Å²) < 4.78 is 19.1. The maximum absolute atomic E-state index is 14.8. The number of hydrogen-bond acceptors (Lipinski definition) is 1. The molecule has 0 aromatic heterocycles. The van der Waals surface area contributed by atoms with Crippen LogP contribution in [0.25, 0.3) is 0 Å². The molecule has 0 bridgehead atoms. The van der Waals surface area contributed by atoms with Crippen molar-refractivity contribution < 1.29 is 4.57 Å². The van der Waals surface area contributed by atoms with Crippen LogP contribution in [0.3, 0.4) is 0 Å². The van der Waals surface area contributed by atoms with E-state index in [1.54, 1.807) is 0 Å². The SMILES string of the molecule is CC(c1ccccc1)P1(=O)N(C)C(c2ccccc2)CC(c2ccccc2)N1C. The fraction of sp³-hybridized carbons (Fsp3) is 0.280. The van der Waals surface area contributed by atoms with Crippen molar-refractivity contribution in [2.75, 3.05) is 14.1 Å². The lowest BCUT2D eigenvalue weighted by atomic mass is 9.95. The molecule has 0 spiro atoms. The fourth-order valence-corrected chi connectivity index (χ4v) is 8.02. The fourth-order valence-electron chi connectivity index (χ4n) is 4.66. The molecule has 1 aliphatic heterocycles. The Kier molecular flexibility index (Phi) is 5.74. The Balaban J connectivity index is 1.82. The average Bonchev–Trinajstić information content (AvgIpc) is 2.79. The molecule has 0 aliphatic carbocycles. The average molecular weight is 404 g/mol. The van der Waals surface area contributed by atoms with Crippen molar-refractivity contribution in [1.82, 2.24) is 9.34 Å². The largest absolute Gasteiger partial charge is 0.288 e. The van der Waals surface area contributed by atoms with Crippen LogP contribution in [0, 0.1) is 0 Å². The van der Waals surface area contributed by atoms with Crippen LogP contribution in [0.1, 0.15) is 47.8 Å². The van der Waals surface area contributed by atoms with Crippen molar-refractivity contribution >= 4 is 7.44 Å². The lowest BCUT2D eigenvalue weighted by Crippen LogP contribution is -2.41. The molecule has 150 valence electrons. The van der Waals surface area contributed by atoms with Crippen molar-refractivity contribution in [3.63, 3.8) is 0 Å². The van der Waals surface area contributed by atoms with Gasteiger partial charge in [0.25, 0.3) is 0 Å². The Morgan fingerprint density at radius 2 is 1.10 bits per heavy atom. The van der Waals surface area contributed by atoms with Crippen LogP contribution in [0.4, 0.5) is 0 Å². The quantitative estimate of drug-likeness (QED) is 0.453. The van der Waals surface area contributed by atoms with E-state index in [9.17, 15) is 4.57 Å². The maximum atomic E-state index is 14.8. The predicted octanol–water partition coefficient (Wildman–Crippen LogP) is 6.69. The summed E-state index contributed by atoms with van der Waals surface area (Å²) in [5.41, 5.74) is 3.49. The Labute approximate surface area is 174 Å². The van der Waals surface area contributed by atoms with Crippen LogP contribution in [0.5, 0.6) is 0 Å². The Morgan fingerprint density at radius 1 is 0.724 bits per heavy atom. The topological polar surface area (TPSA) is 23.6 Å². The van der Waals surface area contributed by atoms with Gasteiger partial charge in [0.1, 0.15) is 0 Å². The molecule has 0 saturated carbocycles. The summed E-state index contributed by atoms with van der Waals surface area (Å²) >= 11 is 0. The van der Waals surface area contributed by atoms with Crippen LogP contribution >= 0.6 is 7.44 Å². The summed E-state index contributed by atoms with van der Waals surface area (Å²) in [6.45, 7) is 2.11. The summed E-state index contributed by atoms with van der Waals surface area (Å²) in [5, 5.41) is 0. The molecule has 0 N–H and O–H groups in total. The van der Waals surface area contributed by atoms with E-state index in [0.29, 0.717) is 0 Å². The van der Waals surface area contributed by atoms with E-state index in [-0.39, 0.29) is 17.7 Å². The van der Waals surface area contributed by atoms with Gasteiger partial charge in [-0.2, -0.15) is 0 Å². The van der Waals surface area contributed by atoms with Crippen molar-refractivity contribution in [2.24, 2.45) is 0 Å². The third-order valence-electron chi connectivity index (χ3n) is 6.41. The van der Waals surface area contributed by atoms with E-state index < -0.39 is 7.44 Å². The normalized spacial score (nSPS) is 26.9. The van der Waals surface area contributed by atoms with Gasteiger partial charge in [-0.25, -0.2) is 9.34 Å². The summed E-state index contributed by atoms with van der Waals surface area (Å²) in [6.07, 6.45) is 0.909. The molecule has 0 amide bonds. The van der Waals surface area contributed by atoms with Crippen LogP contribution < -0.4 is 0 Å². The van der Waals surface area contributed by atoms with Gasteiger partial charge in [-0.1, -0.05) is 91.0 Å². The summed E-state index contributed by atoms with van der Waals surface area (Å²) in [7, 11) is 1.19. The van der Waals surface area contributed by atoms with Gasteiger partial charge in [0, 0.05) is 12.1 Å². The van der Waals surface area contributed by atoms with Gasteiger partial charge in [-0.15, -0.1) is 0 Å². The van der Waals surface area contributed by atoms with E-state index in [1.165, 1.54) is 11.1 Å². The first-order valence-corrected chi connectivity index (χ1v) is 11.9. The molecule has 3 atom stereocenters. The molecule has 4 heteroatoms. The Hall–Kier alpha value is -2.19. The minimum Gasteiger partial charge on any atom is -0.288 e. The zero-order valence-corrected chi connectivity index (χ0v) is 18.2. The van der Waals surface area contributed by atoms with E-state index in [4.69, 9.17) is 0 Å².